The number of aromatic nitrogens is 3. The van der Waals surface area contributed by atoms with Crippen molar-refractivity contribution in [3.8, 4) is 6.01 Å². The second-order valence-electron chi connectivity index (χ2n) is 4.43. The van der Waals surface area contributed by atoms with E-state index in [2.05, 4.69) is 15.4 Å². The smallest absolute Gasteiger partial charge is 0.317 e. The van der Waals surface area contributed by atoms with Crippen molar-refractivity contribution in [3.63, 3.8) is 0 Å². The fraction of sp³-hybridized carbons (Fsp3) is 0.700. The molecule has 0 saturated carbocycles. The summed E-state index contributed by atoms with van der Waals surface area (Å²) in [4.78, 5) is 15.8. The average Bonchev–Trinajstić information content (AvgIpc) is 2.89. The molecule has 0 atom stereocenters. The molecule has 0 unspecified atom stereocenters. The maximum Gasteiger partial charge on any atom is 0.317 e. The van der Waals surface area contributed by atoms with Crippen molar-refractivity contribution in [3.05, 3.63) is 5.82 Å². The summed E-state index contributed by atoms with van der Waals surface area (Å²) in [7, 11) is 0. The first-order valence-electron chi connectivity index (χ1n) is 5.75. The van der Waals surface area contributed by atoms with Crippen molar-refractivity contribution in [2.75, 3.05) is 19.7 Å². The van der Waals surface area contributed by atoms with Gasteiger partial charge in [-0.2, -0.15) is 10.1 Å². The Bertz CT molecular complexity index is 429. The van der Waals surface area contributed by atoms with E-state index in [-0.39, 0.29) is 0 Å². The molecule has 2 aliphatic heterocycles. The van der Waals surface area contributed by atoms with Gasteiger partial charge in [0.05, 0.1) is 6.54 Å². The number of fused-ring (bicyclic) bond motifs is 1. The van der Waals surface area contributed by atoms with Crippen LogP contribution in [0.15, 0.2) is 0 Å². The predicted octanol–water partition coefficient (Wildman–Crippen LogP) is -0.624. The Hall–Kier alpha value is -1.63. The molecule has 3 heterocycles. The molecule has 7 nitrogen and oxygen atoms in total. The number of nitrogens with one attached hydrogen (secondary N) is 1. The molecule has 92 valence electrons. The maximum absolute atomic E-state index is 11.5. The highest BCUT2D eigenvalue weighted by atomic mass is 16.5. The lowest BCUT2D eigenvalue weighted by Crippen LogP contribution is -2.46. The van der Waals surface area contributed by atoms with E-state index in [4.69, 9.17) is 4.74 Å². The third-order valence-corrected chi connectivity index (χ3v) is 3.47. The topological polar surface area (TPSA) is 89.3 Å². The van der Waals surface area contributed by atoms with Gasteiger partial charge in [0.15, 0.2) is 5.82 Å². The minimum Gasteiger partial charge on any atom is -0.480 e. The zero-order valence-corrected chi connectivity index (χ0v) is 9.35. The van der Waals surface area contributed by atoms with E-state index in [9.17, 15) is 9.90 Å². The predicted molar refractivity (Wildman–Crippen MR) is 56.9 cm³/mol. The minimum atomic E-state index is -0.952. The highest BCUT2D eigenvalue weighted by Crippen LogP contribution is 2.33. The summed E-state index contributed by atoms with van der Waals surface area (Å²) in [5.41, 5.74) is -0.952. The van der Waals surface area contributed by atoms with Gasteiger partial charge in [0, 0.05) is 0 Å². The van der Waals surface area contributed by atoms with Gasteiger partial charge in [-0.15, -0.1) is 0 Å². The largest absolute Gasteiger partial charge is 0.480 e. The van der Waals surface area contributed by atoms with Gasteiger partial charge in [0.1, 0.15) is 12.0 Å². The fourth-order valence-electron chi connectivity index (χ4n) is 2.39. The molecular weight excluding hydrogens is 224 g/mol. The number of carbonyl (C=O) groups is 1. The third kappa shape index (κ3) is 1.49. The maximum atomic E-state index is 11.5. The first-order chi connectivity index (χ1) is 8.22. The van der Waals surface area contributed by atoms with Crippen LogP contribution >= 0.6 is 0 Å². The summed E-state index contributed by atoms with van der Waals surface area (Å²) in [6.45, 7) is 2.57. The normalized spacial score (nSPS) is 21.9. The van der Waals surface area contributed by atoms with Crippen LogP contribution in [0.3, 0.4) is 0 Å². The van der Waals surface area contributed by atoms with Crippen molar-refractivity contribution in [1.82, 2.24) is 20.1 Å². The summed E-state index contributed by atoms with van der Waals surface area (Å²) < 4.78 is 6.92. The molecule has 0 amide bonds. The lowest BCUT2D eigenvalue weighted by Gasteiger charge is -2.30. The number of nitrogens with zero attached hydrogens (tertiary/aromatic N) is 3. The lowest BCUT2D eigenvalue weighted by molar-refractivity contribution is -0.145. The highest BCUT2D eigenvalue weighted by Gasteiger charge is 2.46. The fourth-order valence-corrected chi connectivity index (χ4v) is 2.39. The van der Waals surface area contributed by atoms with Crippen LogP contribution in [0.1, 0.15) is 18.7 Å². The number of ether oxygens (including phenoxy) is 1. The summed E-state index contributed by atoms with van der Waals surface area (Å²) in [5.74, 6) is -0.454. The van der Waals surface area contributed by atoms with E-state index < -0.39 is 11.4 Å². The van der Waals surface area contributed by atoms with Gasteiger partial charge < -0.3 is 15.2 Å². The molecule has 0 spiro atoms. The molecule has 1 aromatic heterocycles. The van der Waals surface area contributed by atoms with Crippen molar-refractivity contribution in [1.29, 1.82) is 0 Å². The Balaban J connectivity index is 2.00. The van der Waals surface area contributed by atoms with E-state index in [1.807, 2.05) is 0 Å². The monoisotopic (exact) mass is 238 g/mol. The molecule has 0 aliphatic carbocycles. The van der Waals surface area contributed by atoms with Crippen molar-refractivity contribution >= 4 is 5.97 Å². The highest BCUT2D eigenvalue weighted by molar-refractivity contribution is 5.80. The Kier molecular flexibility index (Phi) is 2.29. The zero-order valence-electron chi connectivity index (χ0n) is 9.35. The van der Waals surface area contributed by atoms with Gasteiger partial charge in [0.25, 0.3) is 0 Å². The second-order valence-corrected chi connectivity index (χ2v) is 4.43. The molecule has 2 aliphatic rings. The molecule has 3 rings (SSSR count). The number of aliphatic carboxylic acids is 1. The van der Waals surface area contributed by atoms with E-state index in [1.165, 1.54) is 0 Å². The van der Waals surface area contributed by atoms with Crippen LogP contribution in [0.5, 0.6) is 6.01 Å². The number of hydrogen-bond acceptors (Lipinski definition) is 5. The minimum absolute atomic E-state index is 0.390. The first kappa shape index (κ1) is 10.5. The summed E-state index contributed by atoms with van der Waals surface area (Å²) >= 11 is 0. The van der Waals surface area contributed by atoms with Crippen LogP contribution in [-0.4, -0.2) is 45.5 Å². The number of rotatable bonds is 2. The molecule has 0 aromatic carbocycles. The lowest BCUT2D eigenvalue weighted by atomic mass is 9.78. The van der Waals surface area contributed by atoms with Gasteiger partial charge in [-0.1, -0.05) is 0 Å². The summed E-state index contributed by atoms with van der Waals surface area (Å²) in [6, 6.07) is 0.444. The summed E-state index contributed by atoms with van der Waals surface area (Å²) in [5, 5.41) is 16.9. The van der Waals surface area contributed by atoms with Crippen molar-refractivity contribution < 1.29 is 14.6 Å². The number of hydrogen-bond donors (Lipinski definition) is 2. The van der Waals surface area contributed by atoms with Crippen molar-refractivity contribution in [2.45, 2.75) is 24.8 Å². The van der Waals surface area contributed by atoms with Crippen LogP contribution in [0.25, 0.3) is 0 Å². The van der Waals surface area contributed by atoms with Crippen LogP contribution in [-0.2, 0) is 16.8 Å². The van der Waals surface area contributed by atoms with Gasteiger partial charge in [-0.05, 0) is 25.9 Å². The first-order valence-corrected chi connectivity index (χ1v) is 5.75. The van der Waals surface area contributed by atoms with Gasteiger partial charge in [-0.3, -0.25) is 4.79 Å². The molecule has 1 saturated heterocycles. The van der Waals surface area contributed by atoms with Gasteiger partial charge in [-0.25, -0.2) is 4.68 Å². The molecule has 0 bridgehead atoms. The second kappa shape index (κ2) is 3.69. The molecule has 1 fully saturated rings. The van der Waals surface area contributed by atoms with E-state index in [1.54, 1.807) is 4.68 Å². The Morgan fingerprint density at radius 1 is 1.47 bits per heavy atom. The van der Waals surface area contributed by atoms with E-state index >= 15 is 0 Å². The molecule has 2 N–H and O–H groups in total. The standard InChI is InChI=1S/C10H14N4O3/c15-8(16)10(1-3-11-4-2-10)7-12-9-14(13-7)5-6-17-9/h11H,1-6H2,(H,15,16). The SMILES string of the molecule is O=C(O)C1(c2nc3n(n2)CCO3)CCNCC1. The van der Waals surface area contributed by atoms with Crippen LogP contribution in [0.2, 0.25) is 0 Å². The van der Waals surface area contributed by atoms with Crippen LogP contribution < -0.4 is 10.1 Å². The molecule has 7 heteroatoms. The van der Waals surface area contributed by atoms with E-state index in [0.717, 1.165) is 0 Å². The van der Waals surface area contributed by atoms with Gasteiger partial charge >= 0.3 is 12.0 Å². The third-order valence-electron chi connectivity index (χ3n) is 3.47. The van der Waals surface area contributed by atoms with Crippen molar-refractivity contribution in [2.24, 2.45) is 0 Å². The number of piperidine rings is 1. The molecule has 17 heavy (non-hydrogen) atoms. The number of carboxylic acids is 1. The molecular formula is C10H14N4O3. The Morgan fingerprint density at radius 3 is 2.88 bits per heavy atom. The quantitative estimate of drug-likeness (QED) is 0.713. The number of carboxylic acid groups (broad SMARTS) is 1. The van der Waals surface area contributed by atoms with E-state index in [0.29, 0.717) is 50.9 Å². The zero-order chi connectivity index (χ0) is 11.9. The molecule has 0 radical (unpaired) electrons. The Labute approximate surface area is 97.8 Å². The summed E-state index contributed by atoms with van der Waals surface area (Å²) in [6.07, 6.45) is 1.04. The molecule has 1 aromatic rings. The van der Waals surface area contributed by atoms with Crippen LogP contribution in [0.4, 0.5) is 0 Å². The van der Waals surface area contributed by atoms with Gasteiger partial charge in [0.2, 0.25) is 0 Å². The Morgan fingerprint density at radius 2 is 2.24 bits per heavy atom. The van der Waals surface area contributed by atoms with Crippen LogP contribution in [0, 0.1) is 0 Å². The average molecular weight is 238 g/mol.